The monoisotopic (exact) mass is 293 g/mol. The highest BCUT2D eigenvalue weighted by Crippen LogP contribution is 2.31. The van der Waals surface area contributed by atoms with Crippen molar-refractivity contribution in [1.82, 2.24) is 5.32 Å². The number of Topliss-reactive ketones (excluding diaryl/α,β-unsaturated/α-hetero) is 1. The van der Waals surface area contributed by atoms with Gasteiger partial charge in [0, 0.05) is 28.9 Å². The number of nitrogens with one attached hydrogen (secondary N) is 1. The Balaban J connectivity index is 1.78. The van der Waals surface area contributed by atoms with Crippen molar-refractivity contribution in [3.05, 3.63) is 34.3 Å². The van der Waals surface area contributed by atoms with Crippen molar-refractivity contribution in [2.24, 2.45) is 5.92 Å². The third-order valence-electron chi connectivity index (χ3n) is 3.97. The SMILES string of the molecule is O=C1CC2CCC(N2)C1Cc1cccc(Br)c1. The molecule has 1 N–H and O–H groups in total. The summed E-state index contributed by atoms with van der Waals surface area (Å²) in [6.45, 7) is 0. The van der Waals surface area contributed by atoms with E-state index in [1.54, 1.807) is 0 Å². The fourth-order valence-corrected chi connectivity index (χ4v) is 3.57. The molecule has 0 amide bonds. The number of carbonyl (C=O) groups excluding carboxylic acids is 1. The van der Waals surface area contributed by atoms with Crippen LogP contribution in [-0.4, -0.2) is 17.9 Å². The van der Waals surface area contributed by atoms with Crippen molar-refractivity contribution in [2.75, 3.05) is 0 Å². The number of hydrogen-bond donors (Lipinski definition) is 1. The Morgan fingerprint density at radius 1 is 1.35 bits per heavy atom. The number of ketones is 1. The van der Waals surface area contributed by atoms with Gasteiger partial charge in [0.25, 0.3) is 0 Å². The quantitative estimate of drug-likeness (QED) is 0.908. The lowest BCUT2D eigenvalue weighted by atomic mass is 9.85. The van der Waals surface area contributed by atoms with E-state index in [0.29, 0.717) is 17.9 Å². The van der Waals surface area contributed by atoms with Crippen LogP contribution in [0, 0.1) is 5.92 Å². The van der Waals surface area contributed by atoms with Crippen LogP contribution in [0.25, 0.3) is 0 Å². The molecule has 2 aliphatic heterocycles. The maximum atomic E-state index is 12.1. The van der Waals surface area contributed by atoms with Gasteiger partial charge in [0.15, 0.2) is 0 Å². The number of fused-ring (bicyclic) bond motifs is 2. The molecule has 3 rings (SSSR count). The van der Waals surface area contributed by atoms with Gasteiger partial charge in [-0.1, -0.05) is 28.1 Å². The second kappa shape index (κ2) is 4.54. The molecule has 2 saturated heterocycles. The summed E-state index contributed by atoms with van der Waals surface area (Å²) in [5.41, 5.74) is 1.25. The Hall–Kier alpha value is -0.670. The Morgan fingerprint density at radius 3 is 3.06 bits per heavy atom. The molecule has 1 aromatic carbocycles. The molecular formula is C14H16BrNO. The van der Waals surface area contributed by atoms with Crippen LogP contribution >= 0.6 is 15.9 Å². The fourth-order valence-electron chi connectivity index (χ4n) is 3.12. The molecule has 2 heterocycles. The van der Waals surface area contributed by atoms with Crippen LogP contribution < -0.4 is 5.32 Å². The number of rotatable bonds is 2. The Kier molecular flexibility index (Phi) is 3.05. The highest BCUT2D eigenvalue weighted by atomic mass is 79.9. The highest BCUT2D eigenvalue weighted by molar-refractivity contribution is 9.10. The Bertz CT molecular complexity index is 446. The van der Waals surface area contributed by atoms with E-state index in [4.69, 9.17) is 0 Å². The summed E-state index contributed by atoms with van der Waals surface area (Å²) < 4.78 is 1.09. The van der Waals surface area contributed by atoms with E-state index in [1.807, 2.05) is 12.1 Å². The molecular weight excluding hydrogens is 278 g/mol. The first-order valence-electron chi connectivity index (χ1n) is 6.25. The molecule has 1 aromatic rings. The van der Waals surface area contributed by atoms with Crippen molar-refractivity contribution < 1.29 is 4.79 Å². The summed E-state index contributed by atoms with van der Waals surface area (Å²) in [5, 5.41) is 3.57. The highest BCUT2D eigenvalue weighted by Gasteiger charge is 2.40. The van der Waals surface area contributed by atoms with Crippen LogP contribution in [0.4, 0.5) is 0 Å². The van der Waals surface area contributed by atoms with Gasteiger partial charge in [0.2, 0.25) is 0 Å². The molecule has 0 aliphatic carbocycles. The minimum Gasteiger partial charge on any atom is -0.310 e. The summed E-state index contributed by atoms with van der Waals surface area (Å²) in [6.07, 6.45) is 3.94. The van der Waals surface area contributed by atoms with Gasteiger partial charge in [0.1, 0.15) is 5.78 Å². The third kappa shape index (κ3) is 2.31. The van der Waals surface area contributed by atoms with Gasteiger partial charge in [-0.2, -0.15) is 0 Å². The van der Waals surface area contributed by atoms with Gasteiger partial charge >= 0.3 is 0 Å². The lowest BCUT2D eigenvalue weighted by molar-refractivity contribution is -0.125. The third-order valence-corrected chi connectivity index (χ3v) is 4.46. The molecule has 90 valence electrons. The average molecular weight is 294 g/mol. The minimum absolute atomic E-state index is 0.183. The number of hydrogen-bond acceptors (Lipinski definition) is 2. The maximum Gasteiger partial charge on any atom is 0.139 e. The zero-order valence-electron chi connectivity index (χ0n) is 9.66. The molecule has 0 aromatic heterocycles. The van der Waals surface area contributed by atoms with E-state index < -0.39 is 0 Å². The second-order valence-electron chi connectivity index (χ2n) is 5.16. The molecule has 0 saturated carbocycles. The number of piperidine rings is 1. The number of halogens is 1. The van der Waals surface area contributed by atoms with Gasteiger partial charge in [-0.25, -0.2) is 0 Å². The van der Waals surface area contributed by atoms with E-state index in [2.05, 4.69) is 33.4 Å². The molecule has 2 fully saturated rings. The topological polar surface area (TPSA) is 29.1 Å². The second-order valence-corrected chi connectivity index (χ2v) is 6.07. The van der Waals surface area contributed by atoms with E-state index in [1.165, 1.54) is 12.0 Å². The summed E-state index contributed by atoms with van der Waals surface area (Å²) in [5.74, 6) is 0.638. The van der Waals surface area contributed by atoms with Crippen molar-refractivity contribution in [1.29, 1.82) is 0 Å². The van der Waals surface area contributed by atoms with E-state index in [9.17, 15) is 4.79 Å². The van der Waals surface area contributed by atoms with Gasteiger partial charge in [-0.3, -0.25) is 4.79 Å². The molecule has 0 radical (unpaired) electrons. The zero-order chi connectivity index (χ0) is 11.8. The Labute approximate surface area is 110 Å². The van der Waals surface area contributed by atoms with Crippen molar-refractivity contribution in [3.8, 4) is 0 Å². The van der Waals surface area contributed by atoms with Crippen molar-refractivity contribution in [3.63, 3.8) is 0 Å². The first-order chi connectivity index (χ1) is 8.22. The largest absolute Gasteiger partial charge is 0.310 e. The van der Waals surface area contributed by atoms with E-state index >= 15 is 0 Å². The van der Waals surface area contributed by atoms with Crippen LogP contribution in [0.15, 0.2) is 28.7 Å². The molecule has 2 nitrogen and oxygen atoms in total. The van der Waals surface area contributed by atoms with Crippen LogP contribution in [-0.2, 0) is 11.2 Å². The van der Waals surface area contributed by atoms with Gasteiger partial charge in [-0.05, 0) is 37.0 Å². The molecule has 3 heteroatoms. The number of benzene rings is 1. The lowest BCUT2D eigenvalue weighted by Crippen LogP contribution is -2.46. The lowest BCUT2D eigenvalue weighted by Gasteiger charge is -2.29. The van der Waals surface area contributed by atoms with Gasteiger partial charge in [0.05, 0.1) is 0 Å². The zero-order valence-corrected chi connectivity index (χ0v) is 11.2. The summed E-state index contributed by atoms with van der Waals surface area (Å²) in [7, 11) is 0. The summed E-state index contributed by atoms with van der Waals surface area (Å²) in [4.78, 5) is 12.1. The fraction of sp³-hybridized carbons (Fsp3) is 0.500. The summed E-state index contributed by atoms with van der Waals surface area (Å²) in [6, 6.07) is 9.17. The molecule has 2 aliphatic rings. The predicted octanol–water partition coefficient (Wildman–Crippen LogP) is 2.70. The predicted molar refractivity (Wildman–Crippen MR) is 70.9 cm³/mol. The van der Waals surface area contributed by atoms with Gasteiger partial charge < -0.3 is 5.32 Å². The number of carbonyl (C=O) groups is 1. The van der Waals surface area contributed by atoms with Crippen LogP contribution in [0.5, 0.6) is 0 Å². The van der Waals surface area contributed by atoms with Crippen molar-refractivity contribution >= 4 is 21.7 Å². The first-order valence-corrected chi connectivity index (χ1v) is 7.05. The van der Waals surface area contributed by atoms with E-state index in [0.717, 1.165) is 23.7 Å². The normalized spacial score (nSPS) is 31.8. The molecule has 2 bridgehead atoms. The van der Waals surface area contributed by atoms with Crippen LogP contribution in [0.1, 0.15) is 24.8 Å². The van der Waals surface area contributed by atoms with Crippen molar-refractivity contribution in [2.45, 2.75) is 37.8 Å². The standard InChI is InChI=1S/C14H16BrNO/c15-10-3-1-2-9(6-10)7-12-13-5-4-11(16-13)8-14(12)17/h1-3,6,11-13,16H,4-5,7-8H2. The Morgan fingerprint density at radius 2 is 2.24 bits per heavy atom. The van der Waals surface area contributed by atoms with Crippen LogP contribution in [0.3, 0.4) is 0 Å². The minimum atomic E-state index is 0.183. The first kappa shape index (κ1) is 11.4. The average Bonchev–Trinajstić information content (AvgIpc) is 2.68. The molecule has 0 spiro atoms. The molecule has 3 unspecified atom stereocenters. The summed E-state index contributed by atoms with van der Waals surface area (Å²) >= 11 is 3.48. The maximum absolute atomic E-state index is 12.1. The van der Waals surface area contributed by atoms with E-state index in [-0.39, 0.29) is 5.92 Å². The molecule has 3 atom stereocenters. The smallest absolute Gasteiger partial charge is 0.139 e. The van der Waals surface area contributed by atoms with Crippen LogP contribution in [0.2, 0.25) is 0 Å². The van der Waals surface area contributed by atoms with Gasteiger partial charge in [-0.15, -0.1) is 0 Å². The molecule has 17 heavy (non-hydrogen) atoms.